The van der Waals surface area contributed by atoms with Crippen LogP contribution < -0.4 is 10.1 Å². The van der Waals surface area contributed by atoms with Gasteiger partial charge in [-0.25, -0.2) is 0 Å². The van der Waals surface area contributed by atoms with Gasteiger partial charge in [0.1, 0.15) is 21.9 Å². The van der Waals surface area contributed by atoms with Crippen molar-refractivity contribution in [2.45, 2.75) is 30.9 Å². The number of nitrogens with zero attached hydrogens (tertiary/aromatic N) is 2. The third-order valence-corrected chi connectivity index (χ3v) is 4.39. The molecule has 7 heteroatoms. The van der Waals surface area contributed by atoms with Gasteiger partial charge in [-0.05, 0) is 41.9 Å². The molecule has 0 aromatic heterocycles. The van der Waals surface area contributed by atoms with Gasteiger partial charge in [-0.1, -0.05) is 6.07 Å². The van der Waals surface area contributed by atoms with E-state index in [9.17, 15) is 15.4 Å². The lowest BCUT2D eigenvalue weighted by Crippen LogP contribution is -2.39. The summed E-state index contributed by atoms with van der Waals surface area (Å²) in [7, 11) is 1.76. The Bertz CT molecular complexity index is 572. The van der Waals surface area contributed by atoms with Gasteiger partial charge in [0.05, 0.1) is 11.0 Å². The SMILES string of the molecule is CNC1(C#N)CCC(Oc2cccc([N+](=O)[O-])c2Br)C1. The molecule has 0 saturated heterocycles. The zero-order valence-electron chi connectivity index (χ0n) is 10.9. The van der Waals surface area contributed by atoms with Crippen LogP contribution in [0.3, 0.4) is 0 Å². The second kappa shape index (κ2) is 5.77. The van der Waals surface area contributed by atoms with Crippen LogP contribution in [0.25, 0.3) is 0 Å². The number of nitro benzene ring substituents is 1. The first kappa shape index (κ1) is 14.8. The maximum Gasteiger partial charge on any atom is 0.287 e. The molecule has 1 aromatic carbocycles. The number of nitriles is 1. The fourth-order valence-electron chi connectivity index (χ4n) is 2.40. The zero-order chi connectivity index (χ0) is 14.8. The second-order valence-corrected chi connectivity index (χ2v) is 5.57. The van der Waals surface area contributed by atoms with Crippen molar-refractivity contribution in [3.8, 4) is 11.8 Å². The van der Waals surface area contributed by atoms with Crippen LogP contribution in [0.5, 0.6) is 5.75 Å². The fourth-order valence-corrected chi connectivity index (χ4v) is 2.90. The van der Waals surface area contributed by atoms with E-state index in [0.29, 0.717) is 23.1 Å². The minimum atomic E-state index is -0.558. The van der Waals surface area contributed by atoms with Gasteiger partial charge in [0, 0.05) is 12.5 Å². The number of benzene rings is 1. The predicted molar refractivity (Wildman–Crippen MR) is 76.5 cm³/mol. The van der Waals surface area contributed by atoms with E-state index in [4.69, 9.17) is 4.74 Å². The van der Waals surface area contributed by atoms with Crippen molar-refractivity contribution >= 4 is 21.6 Å². The van der Waals surface area contributed by atoms with Crippen LogP contribution in [0, 0.1) is 21.4 Å². The Hall–Kier alpha value is -1.65. The number of ether oxygens (including phenoxy) is 1. The predicted octanol–water partition coefficient (Wildman–Crippen LogP) is 2.77. The molecule has 0 heterocycles. The monoisotopic (exact) mass is 339 g/mol. The maximum atomic E-state index is 10.9. The van der Waals surface area contributed by atoms with E-state index in [-0.39, 0.29) is 11.8 Å². The molecule has 0 radical (unpaired) electrons. The first-order valence-electron chi connectivity index (χ1n) is 6.21. The molecular weight excluding hydrogens is 326 g/mol. The molecule has 0 spiro atoms. The molecule has 1 aliphatic carbocycles. The highest BCUT2D eigenvalue weighted by Gasteiger charge is 2.39. The molecular formula is C13H14BrN3O3. The molecule has 6 nitrogen and oxygen atoms in total. The minimum absolute atomic E-state index is 0.0272. The van der Waals surface area contributed by atoms with Crippen molar-refractivity contribution < 1.29 is 9.66 Å². The molecule has 106 valence electrons. The molecule has 1 aromatic rings. The van der Waals surface area contributed by atoms with Crippen LogP contribution in [-0.4, -0.2) is 23.6 Å². The van der Waals surface area contributed by atoms with Crippen molar-refractivity contribution in [1.82, 2.24) is 5.32 Å². The van der Waals surface area contributed by atoms with Crippen LogP contribution in [-0.2, 0) is 0 Å². The molecule has 2 rings (SSSR count). The molecule has 0 aliphatic heterocycles. The molecule has 2 atom stereocenters. The van der Waals surface area contributed by atoms with Crippen LogP contribution in [0.4, 0.5) is 5.69 Å². The summed E-state index contributed by atoms with van der Waals surface area (Å²) in [6.45, 7) is 0. The Morgan fingerprint density at radius 1 is 1.65 bits per heavy atom. The maximum absolute atomic E-state index is 10.9. The van der Waals surface area contributed by atoms with Crippen LogP contribution in [0.15, 0.2) is 22.7 Å². The molecule has 1 aliphatic rings. The van der Waals surface area contributed by atoms with E-state index in [1.54, 1.807) is 19.2 Å². The summed E-state index contributed by atoms with van der Waals surface area (Å²) in [6, 6.07) is 6.96. The number of nitro groups is 1. The van der Waals surface area contributed by atoms with Gasteiger partial charge in [-0.2, -0.15) is 5.26 Å². The first-order chi connectivity index (χ1) is 9.51. The average molecular weight is 340 g/mol. The van der Waals surface area contributed by atoms with Crippen molar-refractivity contribution in [2.75, 3.05) is 7.05 Å². The van der Waals surface area contributed by atoms with Crippen LogP contribution in [0.2, 0.25) is 0 Å². The highest BCUT2D eigenvalue weighted by molar-refractivity contribution is 9.10. The molecule has 0 amide bonds. The highest BCUT2D eigenvalue weighted by atomic mass is 79.9. The van der Waals surface area contributed by atoms with E-state index < -0.39 is 10.5 Å². The van der Waals surface area contributed by atoms with Gasteiger partial charge in [0.15, 0.2) is 0 Å². The quantitative estimate of drug-likeness (QED) is 0.673. The number of nitrogens with one attached hydrogen (secondary N) is 1. The number of halogens is 1. The van der Waals surface area contributed by atoms with E-state index in [2.05, 4.69) is 27.3 Å². The lowest BCUT2D eigenvalue weighted by atomic mass is 10.0. The van der Waals surface area contributed by atoms with Gasteiger partial charge in [-0.15, -0.1) is 0 Å². The number of hydrogen-bond donors (Lipinski definition) is 1. The van der Waals surface area contributed by atoms with Crippen molar-refractivity contribution in [3.63, 3.8) is 0 Å². The van der Waals surface area contributed by atoms with Gasteiger partial charge in [0.2, 0.25) is 0 Å². The topological polar surface area (TPSA) is 88.2 Å². The van der Waals surface area contributed by atoms with Gasteiger partial charge < -0.3 is 10.1 Å². The molecule has 1 N–H and O–H groups in total. The minimum Gasteiger partial charge on any atom is -0.489 e. The average Bonchev–Trinajstić information content (AvgIpc) is 2.85. The normalized spacial score (nSPS) is 25.1. The Labute approximate surface area is 125 Å². The van der Waals surface area contributed by atoms with Crippen LogP contribution >= 0.6 is 15.9 Å². The van der Waals surface area contributed by atoms with Gasteiger partial charge >= 0.3 is 0 Å². The number of rotatable bonds is 4. The van der Waals surface area contributed by atoms with Crippen molar-refractivity contribution in [1.29, 1.82) is 5.26 Å². The summed E-state index contributed by atoms with van der Waals surface area (Å²) in [5.74, 6) is 0.439. The molecule has 1 saturated carbocycles. The second-order valence-electron chi connectivity index (χ2n) is 4.77. The summed E-state index contributed by atoms with van der Waals surface area (Å²) >= 11 is 3.20. The number of hydrogen-bond acceptors (Lipinski definition) is 5. The lowest BCUT2D eigenvalue weighted by molar-refractivity contribution is -0.385. The summed E-state index contributed by atoms with van der Waals surface area (Å²) in [6.07, 6.45) is 1.89. The van der Waals surface area contributed by atoms with Gasteiger partial charge in [-0.3, -0.25) is 10.1 Å². The third kappa shape index (κ3) is 2.76. The lowest BCUT2D eigenvalue weighted by Gasteiger charge is -2.20. The van der Waals surface area contributed by atoms with Crippen molar-refractivity contribution in [3.05, 3.63) is 32.8 Å². The summed E-state index contributed by atoms with van der Waals surface area (Å²) < 4.78 is 6.15. The van der Waals surface area contributed by atoms with E-state index in [1.165, 1.54) is 6.07 Å². The molecule has 0 bridgehead atoms. The van der Waals surface area contributed by atoms with Crippen molar-refractivity contribution in [2.24, 2.45) is 0 Å². The third-order valence-electron chi connectivity index (χ3n) is 3.60. The Morgan fingerprint density at radius 2 is 2.40 bits per heavy atom. The summed E-state index contributed by atoms with van der Waals surface area (Å²) in [5.41, 5.74) is -0.585. The summed E-state index contributed by atoms with van der Waals surface area (Å²) in [4.78, 5) is 10.4. The standard InChI is InChI=1S/C13H14BrN3O3/c1-16-13(8-15)6-5-9(7-13)20-11-4-2-3-10(12(11)14)17(18)19/h2-4,9,16H,5-7H2,1H3. The Balaban J connectivity index is 2.15. The largest absolute Gasteiger partial charge is 0.489 e. The van der Waals surface area contributed by atoms with Crippen LogP contribution in [0.1, 0.15) is 19.3 Å². The molecule has 2 unspecified atom stereocenters. The van der Waals surface area contributed by atoms with E-state index in [0.717, 1.165) is 6.42 Å². The smallest absolute Gasteiger partial charge is 0.287 e. The molecule has 20 heavy (non-hydrogen) atoms. The zero-order valence-corrected chi connectivity index (χ0v) is 12.5. The Morgan fingerprint density at radius 3 is 2.95 bits per heavy atom. The van der Waals surface area contributed by atoms with E-state index >= 15 is 0 Å². The van der Waals surface area contributed by atoms with Gasteiger partial charge in [0.25, 0.3) is 5.69 Å². The summed E-state index contributed by atoms with van der Waals surface area (Å²) in [5, 5.41) is 23.1. The first-order valence-corrected chi connectivity index (χ1v) is 7.00. The highest BCUT2D eigenvalue weighted by Crippen LogP contribution is 2.38. The Kier molecular flexibility index (Phi) is 4.26. The van der Waals surface area contributed by atoms with E-state index in [1.807, 2.05) is 0 Å². The fraction of sp³-hybridized carbons (Fsp3) is 0.462. The molecule has 1 fully saturated rings.